The number of fused-ring (bicyclic) bond motifs is 1. The Morgan fingerprint density at radius 3 is 2.65 bits per heavy atom. The fourth-order valence-electron chi connectivity index (χ4n) is 3.63. The fourth-order valence-corrected chi connectivity index (χ4v) is 3.63. The molecule has 4 heterocycles. The summed E-state index contributed by atoms with van der Waals surface area (Å²) >= 11 is 0. The predicted octanol–water partition coefficient (Wildman–Crippen LogP) is 3.63. The highest BCUT2D eigenvalue weighted by Crippen LogP contribution is 2.39. The van der Waals surface area contributed by atoms with Gasteiger partial charge in [0.15, 0.2) is 0 Å². The van der Waals surface area contributed by atoms with Crippen LogP contribution in [0.3, 0.4) is 0 Å². The molecule has 0 aromatic carbocycles. The summed E-state index contributed by atoms with van der Waals surface area (Å²) in [6.07, 6.45) is 0.644. The minimum Gasteiger partial charge on any atom is -0.478 e. The van der Waals surface area contributed by atoms with Gasteiger partial charge in [0.2, 0.25) is 0 Å². The average molecular weight is 431 g/mol. The molecule has 0 saturated carbocycles. The standard InChI is InChI=1S/C20H16F3N5O3/c1-10-3-15(12-4-13(19(30)31)6-24-5-12)26-17-11(2)28(18(29)16(10)17)14-7-25-27(8-14)9-20(21,22)23/h3-8,11H,9H2,1-2H3,(H,30,31). The van der Waals surface area contributed by atoms with Gasteiger partial charge < -0.3 is 5.11 Å². The lowest BCUT2D eigenvalue weighted by molar-refractivity contribution is -0.142. The Morgan fingerprint density at radius 1 is 1.23 bits per heavy atom. The van der Waals surface area contributed by atoms with Crippen LogP contribution in [0, 0.1) is 6.92 Å². The number of carboxylic acid groups (broad SMARTS) is 1. The molecule has 1 aliphatic rings. The van der Waals surface area contributed by atoms with Crippen LogP contribution in [0.25, 0.3) is 11.3 Å². The van der Waals surface area contributed by atoms with Crippen molar-refractivity contribution in [2.75, 3.05) is 4.90 Å². The number of halogens is 3. The molecule has 31 heavy (non-hydrogen) atoms. The zero-order valence-electron chi connectivity index (χ0n) is 16.4. The zero-order valence-corrected chi connectivity index (χ0v) is 16.4. The first-order valence-corrected chi connectivity index (χ1v) is 9.18. The van der Waals surface area contributed by atoms with E-state index >= 15 is 0 Å². The van der Waals surface area contributed by atoms with Crippen LogP contribution in [0.15, 0.2) is 36.9 Å². The van der Waals surface area contributed by atoms with E-state index in [1.54, 1.807) is 19.9 Å². The molecule has 1 amide bonds. The van der Waals surface area contributed by atoms with Crippen molar-refractivity contribution < 1.29 is 27.9 Å². The highest BCUT2D eigenvalue weighted by molar-refractivity contribution is 6.11. The molecular weight excluding hydrogens is 415 g/mol. The van der Waals surface area contributed by atoms with Gasteiger partial charge in [-0.2, -0.15) is 18.3 Å². The fraction of sp³-hybridized carbons (Fsp3) is 0.250. The Kier molecular flexibility index (Phi) is 4.75. The highest BCUT2D eigenvalue weighted by atomic mass is 19.4. The molecule has 11 heteroatoms. The summed E-state index contributed by atoms with van der Waals surface area (Å²) in [5.74, 6) is -1.51. The lowest BCUT2D eigenvalue weighted by atomic mass is 10.0. The predicted molar refractivity (Wildman–Crippen MR) is 103 cm³/mol. The van der Waals surface area contributed by atoms with Gasteiger partial charge >= 0.3 is 12.1 Å². The van der Waals surface area contributed by atoms with Crippen molar-refractivity contribution in [1.29, 1.82) is 0 Å². The number of hydrogen-bond donors (Lipinski definition) is 1. The molecule has 0 saturated heterocycles. The number of carboxylic acids is 1. The maximum absolute atomic E-state index is 13.1. The molecule has 3 aromatic rings. The number of aromatic carboxylic acids is 1. The summed E-state index contributed by atoms with van der Waals surface area (Å²) in [5.41, 5.74) is 2.58. The number of alkyl halides is 3. The van der Waals surface area contributed by atoms with E-state index in [9.17, 15) is 27.9 Å². The molecule has 160 valence electrons. The second kappa shape index (κ2) is 7.18. The van der Waals surface area contributed by atoms with Crippen molar-refractivity contribution in [3.63, 3.8) is 0 Å². The minimum absolute atomic E-state index is 0.000261. The van der Waals surface area contributed by atoms with Crippen LogP contribution in [0.1, 0.15) is 44.9 Å². The van der Waals surface area contributed by atoms with Crippen molar-refractivity contribution in [3.05, 3.63) is 59.3 Å². The first-order valence-electron chi connectivity index (χ1n) is 9.18. The number of aromatic nitrogens is 4. The van der Waals surface area contributed by atoms with Gasteiger partial charge in [-0.15, -0.1) is 0 Å². The van der Waals surface area contributed by atoms with E-state index in [1.165, 1.54) is 35.8 Å². The third-order valence-electron chi connectivity index (χ3n) is 4.98. The molecule has 0 spiro atoms. The van der Waals surface area contributed by atoms with Crippen LogP contribution in [0.2, 0.25) is 0 Å². The van der Waals surface area contributed by atoms with Gasteiger partial charge in [0.05, 0.1) is 40.4 Å². The van der Waals surface area contributed by atoms with Gasteiger partial charge in [0.1, 0.15) is 6.54 Å². The third-order valence-corrected chi connectivity index (χ3v) is 4.98. The summed E-state index contributed by atoms with van der Waals surface area (Å²) in [4.78, 5) is 34.1. The molecule has 0 bridgehead atoms. The van der Waals surface area contributed by atoms with Gasteiger partial charge in [-0.1, -0.05) is 0 Å². The quantitative estimate of drug-likeness (QED) is 0.677. The lowest BCUT2D eigenvalue weighted by Gasteiger charge is -2.19. The average Bonchev–Trinajstić information content (AvgIpc) is 3.22. The first kappa shape index (κ1) is 20.5. The molecule has 0 aliphatic carbocycles. The molecule has 0 radical (unpaired) electrons. The third kappa shape index (κ3) is 3.74. The number of aryl methyl sites for hydroxylation is 1. The number of amides is 1. The van der Waals surface area contributed by atoms with Crippen LogP contribution in [0.5, 0.6) is 0 Å². The van der Waals surface area contributed by atoms with Crippen LogP contribution in [-0.2, 0) is 6.54 Å². The van der Waals surface area contributed by atoms with E-state index in [1.807, 2.05) is 0 Å². The lowest BCUT2D eigenvalue weighted by Crippen LogP contribution is -2.26. The smallest absolute Gasteiger partial charge is 0.408 e. The summed E-state index contributed by atoms with van der Waals surface area (Å²) in [6, 6.07) is 2.53. The van der Waals surface area contributed by atoms with Crippen molar-refractivity contribution >= 4 is 17.6 Å². The van der Waals surface area contributed by atoms with Gasteiger partial charge in [0, 0.05) is 24.2 Å². The van der Waals surface area contributed by atoms with Gasteiger partial charge in [0.25, 0.3) is 5.91 Å². The zero-order chi connectivity index (χ0) is 22.5. The molecular formula is C20H16F3N5O3. The van der Waals surface area contributed by atoms with E-state index in [4.69, 9.17) is 0 Å². The highest BCUT2D eigenvalue weighted by Gasteiger charge is 2.39. The van der Waals surface area contributed by atoms with Gasteiger partial charge in [-0.05, 0) is 31.5 Å². The Morgan fingerprint density at radius 2 is 1.97 bits per heavy atom. The number of rotatable bonds is 4. The summed E-state index contributed by atoms with van der Waals surface area (Å²) < 4.78 is 38.6. The SMILES string of the molecule is Cc1cc(-c2cncc(C(=O)O)c2)nc2c1C(=O)N(c1cnn(CC(F)(F)F)c1)C2C. The van der Waals surface area contributed by atoms with Crippen molar-refractivity contribution in [3.8, 4) is 11.3 Å². The largest absolute Gasteiger partial charge is 0.478 e. The van der Waals surface area contributed by atoms with E-state index in [0.29, 0.717) is 28.1 Å². The summed E-state index contributed by atoms with van der Waals surface area (Å²) in [6.45, 7) is 2.18. The molecule has 0 fully saturated rings. The maximum atomic E-state index is 13.1. The van der Waals surface area contributed by atoms with Crippen molar-refractivity contribution in [1.82, 2.24) is 19.7 Å². The van der Waals surface area contributed by atoms with E-state index in [0.717, 1.165) is 4.68 Å². The second-order valence-electron chi connectivity index (χ2n) is 7.21. The number of anilines is 1. The second-order valence-corrected chi connectivity index (χ2v) is 7.21. The Bertz CT molecular complexity index is 1210. The number of hydrogen-bond acceptors (Lipinski definition) is 5. The number of carbonyl (C=O) groups excluding carboxylic acids is 1. The van der Waals surface area contributed by atoms with Gasteiger partial charge in [-0.3, -0.25) is 19.4 Å². The summed E-state index contributed by atoms with van der Waals surface area (Å²) in [5, 5.41) is 12.9. The van der Waals surface area contributed by atoms with E-state index in [-0.39, 0.29) is 17.2 Å². The van der Waals surface area contributed by atoms with Gasteiger partial charge in [-0.25, -0.2) is 9.78 Å². The Hall–Kier alpha value is -3.76. The Balaban J connectivity index is 1.72. The van der Waals surface area contributed by atoms with Crippen LogP contribution < -0.4 is 4.90 Å². The first-order chi connectivity index (χ1) is 14.5. The molecule has 4 rings (SSSR count). The van der Waals surface area contributed by atoms with Crippen molar-refractivity contribution in [2.45, 2.75) is 32.6 Å². The number of pyridine rings is 2. The van der Waals surface area contributed by atoms with Crippen LogP contribution in [-0.4, -0.2) is 42.9 Å². The molecule has 3 aromatic heterocycles. The normalized spacial score (nSPS) is 16.0. The number of carbonyl (C=O) groups is 2. The summed E-state index contributed by atoms with van der Waals surface area (Å²) in [7, 11) is 0. The topological polar surface area (TPSA) is 101 Å². The minimum atomic E-state index is -4.43. The maximum Gasteiger partial charge on any atom is 0.408 e. The number of nitrogens with zero attached hydrogens (tertiary/aromatic N) is 5. The van der Waals surface area contributed by atoms with Crippen LogP contribution >= 0.6 is 0 Å². The monoisotopic (exact) mass is 431 g/mol. The van der Waals surface area contributed by atoms with Crippen molar-refractivity contribution in [2.24, 2.45) is 0 Å². The van der Waals surface area contributed by atoms with Crippen LogP contribution in [0.4, 0.5) is 18.9 Å². The molecule has 8 nitrogen and oxygen atoms in total. The Labute approximate surface area is 174 Å². The molecule has 1 aliphatic heterocycles. The molecule has 1 unspecified atom stereocenters. The van der Waals surface area contributed by atoms with E-state index < -0.39 is 24.7 Å². The molecule has 1 atom stereocenters. The van der Waals surface area contributed by atoms with E-state index in [2.05, 4.69) is 15.1 Å². The molecule has 1 N–H and O–H groups in total.